The van der Waals surface area contributed by atoms with Crippen molar-refractivity contribution in [2.45, 2.75) is 37.8 Å². The third-order valence-corrected chi connectivity index (χ3v) is 8.11. The van der Waals surface area contributed by atoms with Gasteiger partial charge >= 0.3 is 0 Å². The van der Waals surface area contributed by atoms with Gasteiger partial charge in [0.2, 0.25) is 5.78 Å². The van der Waals surface area contributed by atoms with E-state index in [4.69, 9.17) is 5.73 Å². The number of hydrogen-bond donors (Lipinski definition) is 5. The molecule has 1 heterocycles. The normalized spacial score (nSPS) is 26.8. The molecule has 0 fully saturated rings. The van der Waals surface area contributed by atoms with Crippen LogP contribution in [-0.2, 0) is 22.4 Å². The Hall–Kier alpha value is -4.02. The third-order valence-electron chi connectivity index (χ3n) is 8.11. The number of phenolic OH excluding ortho intramolecular Hbond substituents is 1. The predicted molar refractivity (Wildman–Crippen MR) is 136 cm³/mol. The molecule has 3 aliphatic rings. The Bertz CT molecular complexity index is 1470. The number of rotatable bonds is 4. The number of pyridine rings is 1. The molecular weight excluding hydrogens is 490 g/mol. The van der Waals surface area contributed by atoms with Gasteiger partial charge in [0.25, 0.3) is 5.91 Å². The van der Waals surface area contributed by atoms with E-state index in [1.807, 2.05) is 19.1 Å². The summed E-state index contributed by atoms with van der Waals surface area (Å²) in [5, 5.41) is 44.6. The molecule has 1 aromatic carbocycles. The van der Waals surface area contributed by atoms with Crippen LogP contribution in [0, 0.1) is 11.8 Å². The van der Waals surface area contributed by atoms with Crippen molar-refractivity contribution in [3.8, 4) is 17.0 Å². The number of aliphatic hydroxyl groups is 3. The van der Waals surface area contributed by atoms with Crippen LogP contribution in [0.3, 0.4) is 0 Å². The Morgan fingerprint density at radius 1 is 1.18 bits per heavy atom. The van der Waals surface area contributed by atoms with Crippen molar-refractivity contribution in [3.63, 3.8) is 0 Å². The van der Waals surface area contributed by atoms with Gasteiger partial charge in [-0.3, -0.25) is 24.3 Å². The maximum absolute atomic E-state index is 13.8. The number of allylic oxidation sites excluding steroid dienone is 1. The van der Waals surface area contributed by atoms with E-state index in [1.54, 1.807) is 26.4 Å². The lowest BCUT2D eigenvalue weighted by molar-refractivity contribution is -0.148. The summed E-state index contributed by atoms with van der Waals surface area (Å²) in [7, 11) is 3.19. The molecule has 0 bridgehead atoms. The van der Waals surface area contributed by atoms with Gasteiger partial charge in [-0.05, 0) is 74.7 Å². The summed E-state index contributed by atoms with van der Waals surface area (Å²) in [6, 6.07) is 5.84. The summed E-state index contributed by atoms with van der Waals surface area (Å²) in [6.45, 7) is 2.01. The van der Waals surface area contributed by atoms with Crippen LogP contribution in [0.2, 0.25) is 0 Å². The number of hydrogen-bond acceptors (Lipinski definition) is 9. The van der Waals surface area contributed by atoms with Gasteiger partial charge in [0.05, 0.1) is 17.3 Å². The van der Waals surface area contributed by atoms with E-state index < -0.39 is 58.0 Å². The number of aromatic nitrogens is 1. The van der Waals surface area contributed by atoms with Gasteiger partial charge in [-0.25, -0.2) is 0 Å². The molecular formula is C28H29N3O7. The second-order valence-corrected chi connectivity index (χ2v) is 10.4. The summed E-state index contributed by atoms with van der Waals surface area (Å²) in [4.78, 5) is 45.3. The van der Waals surface area contributed by atoms with Gasteiger partial charge in [-0.2, -0.15) is 0 Å². The fraction of sp³-hybridized carbons (Fsp3) is 0.357. The highest BCUT2D eigenvalue weighted by Gasteiger charge is 2.63. The third kappa shape index (κ3) is 3.40. The first-order valence-electron chi connectivity index (χ1n) is 12.4. The zero-order valence-corrected chi connectivity index (χ0v) is 21.2. The van der Waals surface area contributed by atoms with Gasteiger partial charge < -0.3 is 26.2 Å². The summed E-state index contributed by atoms with van der Waals surface area (Å²) >= 11 is 0. The van der Waals surface area contributed by atoms with Crippen LogP contribution >= 0.6 is 0 Å². The second-order valence-electron chi connectivity index (χ2n) is 10.4. The molecule has 0 unspecified atom stereocenters. The molecule has 1 aromatic heterocycles. The smallest absolute Gasteiger partial charge is 0.255 e. The number of fused-ring (bicyclic) bond motifs is 3. The molecule has 2 aromatic rings. The largest absolute Gasteiger partial charge is 0.510 e. The van der Waals surface area contributed by atoms with Crippen molar-refractivity contribution in [2.75, 3.05) is 14.1 Å². The highest BCUT2D eigenvalue weighted by molar-refractivity contribution is 6.24. The fourth-order valence-corrected chi connectivity index (χ4v) is 6.33. The molecule has 4 atom stereocenters. The lowest BCUT2D eigenvalue weighted by Crippen LogP contribution is -2.63. The quantitative estimate of drug-likeness (QED) is 0.377. The molecule has 0 aliphatic heterocycles. The van der Waals surface area contributed by atoms with E-state index in [0.29, 0.717) is 16.8 Å². The maximum Gasteiger partial charge on any atom is 0.255 e. The van der Waals surface area contributed by atoms with E-state index in [1.165, 1.54) is 11.0 Å². The Balaban J connectivity index is 1.72. The molecule has 3 aliphatic carbocycles. The Morgan fingerprint density at radius 3 is 2.53 bits per heavy atom. The Morgan fingerprint density at radius 2 is 1.89 bits per heavy atom. The van der Waals surface area contributed by atoms with Crippen LogP contribution < -0.4 is 5.73 Å². The topological polar surface area (TPSA) is 174 Å². The highest BCUT2D eigenvalue weighted by Crippen LogP contribution is 2.53. The van der Waals surface area contributed by atoms with E-state index in [-0.39, 0.29) is 29.7 Å². The average Bonchev–Trinajstić information content (AvgIpc) is 2.86. The minimum atomic E-state index is -2.66. The molecule has 5 rings (SSSR count). The Labute approximate surface area is 218 Å². The van der Waals surface area contributed by atoms with Crippen LogP contribution in [0.1, 0.15) is 34.8 Å². The first-order valence-corrected chi connectivity index (χ1v) is 12.4. The lowest BCUT2D eigenvalue weighted by atomic mass is 9.58. The average molecular weight is 520 g/mol. The van der Waals surface area contributed by atoms with E-state index in [0.717, 1.165) is 12.0 Å². The monoisotopic (exact) mass is 519 g/mol. The fourth-order valence-electron chi connectivity index (χ4n) is 6.33. The zero-order chi connectivity index (χ0) is 27.7. The summed E-state index contributed by atoms with van der Waals surface area (Å²) < 4.78 is 0. The number of nitrogens with two attached hydrogens (primary N) is 1. The van der Waals surface area contributed by atoms with Crippen LogP contribution in [0.25, 0.3) is 11.3 Å². The molecule has 0 saturated carbocycles. The van der Waals surface area contributed by atoms with Crippen LogP contribution in [-0.4, -0.2) is 73.5 Å². The summed E-state index contributed by atoms with van der Waals surface area (Å²) in [5.41, 5.74) is 4.52. The Kier molecular flexibility index (Phi) is 5.92. The minimum Gasteiger partial charge on any atom is -0.510 e. The van der Waals surface area contributed by atoms with E-state index in [2.05, 4.69) is 4.98 Å². The van der Waals surface area contributed by atoms with Crippen molar-refractivity contribution in [1.82, 2.24) is 9.88 Å². The molecule has 6 N–H and O–H groups in total. The summed E-state index contributed by atoms with van der Waals surface area (Å²) in [6.07, 6.45) is 2.69. The molecule has 0 radical (unpaired) electrons. The number of aliphatic hydroxyl groups excluding tert-OH is 2. The van der Waals surface area contributed by atoms with Crippen LogP contribution in [0.4, 0.5) is 0 Å². The van der Waals surface area contributed by atoms with Gasteiger partial charge in [-0.15, -0.1) is 0 Å². The molecule has 10 heteroatoms. The maximum atomic E-state index is 13.8. The molecule has 1 amide bonds. The zero-order valence-electron chi connectivity index (χ0n) is 21.2. The van der Waals surface area contributed by atoms with Crippen molar-refractivity contribution in [3.05, 3.63) is 69.8 Å². The van der Waals surface area contributed by atoms with Crippen molar-refractivity contribution in [1.29, 1.82) is 0 Å². The van der Waals surface area contributed by atoms with Crippen LogP contribution in [0.5, 0.6) is 5.75 Å². The minimum absolute atomic E-state index is 0.0310. The lowest BCUT2D eigenvalue weighted by Gasteiger charge is -2.50. The molecule has 38 heavy (non-hydrogen) atoms. The second kappa shape index (κ2) is 8.78. The number of primary amides is 1. The number of benzene rings is 1. The van der Waals surface area contributed by atoms with Crippen molar-refractivity contribution < 1.29 is 34.8 Å². The van der Waals surface area contributed by atoms with Crippen molar-refractivity contribution >= 4 is 17.5 Å². The standard InChI is InChI=1S/C28H29N3O7/c1-4-12-7-8-30-17(9-12)14-5-6-18(32)20-15(14)10-13-11-16-22(31(2)3)24(34)21(27(29)37)26(36)28(16,38)25(35)19(13)23(20)33/h5-9,13,16,22,32,34-35,38H,4,10-11H2,1-3H3,(H2,29,37)/t13-,16-,22-,28-/m0/s1. The number of aryl methyl sites for hydroxylation is 1. The van der Waals surface area contributed by atoms with Gasteiger partial charge in [0, 0.05) is 23.3 Å². The number of likely N-dealkylation sites (N-methyl/N-ethyl adjacent to an activating group) is 1. The number of carbonyl (C=O) groups excluding carboxylic acids is 3. The number of phenols is 1. The van der Waals surface area contributed by atoms with Gasteiger partial charge in [0.1, 0.15) is 22.8 Å². The molecule has 0 spiro atoms. The SMILES string of the molecule is CCc1ccnc(-c2ccc(O)c3c2C[C@H]2C[C@H]4[C@H](N(C)C)C(O)=C(C(N)=O)C(=O)[C@@]4(O)C(O)=C2C3=O)c1. The molecule has 10 nitrogen and oxygen atoms in total. The number of amides is 1. The number of aromatic hydroxyl groups is 1. The van der Waals surface area contributed by atoms with Crippen molar-refractivity contribution in [2.24, 2.45) is 17.6 Å². The number of Topliss-reactive ketones (excluding diaryl/α,β-unsaturated/α-hetero) is 2. The first kappa shape index (κ1) is 25.6. The van der Waals surface area contributed by atoms with Gasteiger partial charge in [-0.1, -0.05) is 6.92 Å². The van der Waals surface area contributed by atoms with E-state index in [9.17, 15) is 34.8 Å². The van der Waals surface area contributed by atoms with Gasteiger partial charge in [0.15, 0.2) is 11.4 Å². The number of ketones is 2. The first-order chi connectivity index (χ1) is 17.9. The number of carbonyl (C=O) groups is 3. The highest BCUT2D eigenvalue weighted by atomic mass is 16.3. The number of nitrogens with zero attached hydrogens (tertiary/aromatic N) is 2. The predicted octanol–water partition coefficient (Wildman–Crippen LogP) is 1.75. The molecule has 0 saturated heterocycles. The van der Waals surface area contributed by atoms with E-state index >= 15 is 0 Å². The molecule has 198 valence electrons. The van der Waals surface area contributed by atoms with Crippen LogP contribution in [0.15, 0.2) is 53.1 Å². The summed E-state index contributed by atoms with van der Waals surface area (Å²) in [5.74, 6) is -6.73.